The number of benzene rings is 2. The fourth-order valence-electron chi connectivity index (χ4n) is 4.43. The minimum Gasteiger partial charge on any atom is -0.507 e. The van der Waals surface area contributed by atoms with Gasteiger partial charge in [0.05, 0.1) is 30.5 Å². The van der Waals surface area contributed by atoms with Crippen LogP contribution in [-0.2, 0) is 14.3 Å². The first-order chi connectivity index (χ1) is 16.5. The molecule has 1 amide bonds. The molecule has 2 aliphatic rings. The summed E-state index contributed by atoms with van der Waals surface area (Å²) in [5.41, 5.74) is 2.04. The van der Waals surface area contributed by atoms with E-state index >= 15 is 0 Å². The number of ether oxygens (including phenoxy) is 3. The number of ketones is 1. The molecule has 4 rings (SSSR count). The zero-order chi connectivity index (χ0) is 24.2. The molecule has 2 heterocycles. The van der Waals surface area contributed by atoms with E-state index in [9.17, 15) is 14.7 Å². The zero-order valence-corrected chi connectivity index (χ0v) is 19.7. The normalized spacial score (nSPS) is 19.2. The van der Waals surface area contributed by atoms with Crippen molar-refractivity contribution in [2.24, 2.45) is 0 Å². The number of aliphatic hydroxyl groups is 1. The summed E-state index contributed by atoms with van der Waals surface area (Å²) in [6, 6.07) is 11.8. The fourth-order valence-corrected chi connectivity index (χ4v) is 4.43. The standard InChI is InChI=1S/C26H30N2O6/c1-4-33-19-8-5-7-17(15-19)23-22(25(30)26(31)28(23)11-6-13-32-3)24(29)18-9-10-21-20(16-18)27(2)12-14-34-21/h5,7-10,15-16,23,29H,4,6,11-14H2,1-3H3/b24-22-. The lowest BCUT2D eigenvalue weighted by atomic mass is 9.94. The van der Waals surface area contributed by atoms with Crippen molar-refractivity contribution < 1.29 is 28.9 Å². The van der Waals surface area contributed by atoms with E-state index in [1.807, 2.05) is 43.1 Å². The average molecular weight is 467 g/mol. The van der Waals surface area contributed by atoms with Gasteiger partial charge >= 0.3 is 0 Å². The van der Waals surface area contributed by atoms with E-state index in [1.165, 1.54) is 4.90 Å². The second-order valence-electron chi connectivity index (χ2n) is 8.30. The Morgan fingerprint density at radius 2 is 2.03 bits per heavy atom. The number of carbonyl (C=O) groups is 2. The van der Waals surface area contributed by atoms with Crippen LogP contribution in [0.25, 0.3) is 5.76 Å². The molecule has 0 saturated carbocycles. The molecule has 2 aliphatic heterocycles. The lowest BCUT2D eigenvalue weighted by molar-refractivity contribution is -0.140. The molecule has 8 heteroatoms. The second-order valence-corrected chi connectivity index (χ2v) is 8.30. The molecule has 180 valence electrons. The second kappa shape index (κ2) is 10.2. The largest absolute Gasteiger partial charge is 0.507 e. The van der Waals surface area contributed by atoms with Crippen molar-refractivity contribution in [3.63, 3.8) is 0 Å². The number of likely N-dealkylation sites (tertiary alicyclic amines) is 1. The lowest BCUT2D eigenvalue weighted by Crippen LogP contribution is -2.31. The minimum absolute atomic E-state index is 0.0652. The van der Waals surface area contributed by atoms with Gasteiger partial charge in [-0.25, -0.2) is 0 Å². The molecule has 1 N–H and O–H groups in total. The molecule has 0 aliphatic carbocycles. The Labute approximate surface area is 199 Å². The van der Waals surface area contributed by atoms with Crippen molar-refractivity contribution in [1.29, 1.82) is 0 Å². The van der Waals surface area contributed by atoms with Crippen LogP contribution in [0.15, 0.2) is 48.0 Å². The van der Waals surface area contributed by atoms with Gasteiger partial charge < -0.3 is 29.1 Å². The summed E-state index contributed by atoms with van der Waals surface area (Å²) in [6.07, 6.45) is 0.562. The van der Waals surface area contributed by atoms with Gasteiger partial charge in [0.2, 0.25) is 0 Å². The number of hydrogen-bond acceptors (Lipinski definition) is 7. The Morgan fingerprint density at radius 3 is 2.79 bits per heavy atom. The quantitative estimate of drug-likeness (QED) is 0.276. The third-order valence-corrected chi connectivity index (χ3v) is 6.10. The highest BCUT2D eigenvalue weighted by Crippen LogP contribution is 2.41. The van der Waals surface area contributed by atoms with Gasteiger partial charge in [-0.2, -0.15) is 0 Å². The van der Waals surface area contributed by atoms with Crippen molar-refractivity contribution in [2.45, 2.75) is 19.4 Å². The minimum atomic E-state index is -0.734. The Bertz CT molecular complexity index is 1110. The maximum atomic E-state index is 13.2. The van der Waals surface area contributed by atoms with E-state index in [2.05, 4.69) is 0 Å². The highest BCUT2D eigenvalue weighted by molar-refractivity contribution is 6.46. The molecule has 1 fully saturated rings. The smallest absolute Gasteiger partial charge is 0.295 e. The summed E-state index contributed by atoms with van der Waals surface area (Å²) >= 11 is 0. The molecule has 1 unspecified atom stereocenters. The number of aliphatic hydroxyl groups excluding tert-OH is 1. The summed E-state index contributed by atoms with van der Waals surface area (Å²) in [6.45, 7) is 4.44. The van der Waals surface area contributed by atoms with Crippen LogP contribution in [0.4, 0.5) is 5.69 Å². The summed E-state index contributed by atoms with van der Waals surface area (Å²) in [4.78, 5) is 29.8. The number of Topliss-reactive ketones (excluding diaryl/α,β-unsaturated/α-hetero) is 1. The molecule has 0 radical (unpaired) electrons. The predicted octanol–water partition coefficient (Wildman–Crippen LogP) is 3.37. The van der Waals surface area contributed by atoms with E-state index < -0.39 is 17.7 Å². The molecular formula is C26H30N2O6. The number of fused-ring (bicyclic) bond motifs is 1. The maximum absolute atomic E-state index is 13.2. The number of rotatable bonds is 8. The van der Waals surface area contributed by atoms with Gasteiger partial charge in [0.25, 0.3) is 11.7 Å². The van der Waals surface area contributed by atoms with Gasteiger partial charge in [-0.15, -0.1) is 0 Å². The first kappa shape index (κ1) is 23.6. The van der Waals surface area contributed by atoms with Crippen LogP contribution in [-0.4, -0.2) is 68.8 Å². The Balaban J connectivity index is 1.82. The number of hydrogen-bond donors (Lipinski definition) is 1. The van der Waals surface area contributed by atoms with E-state index in [4.69, 9.17) is 14.2 Å². The first-order valence-corrected chi connectivity index (χ1v) is 11.4. The number of amides is 1. The third kappa shape index (κ3) is 4.46. The van der Waals surface area contributed by atoms with Crippen molar-refractivity contribution in [3.8, 4) is 11.5 Å². The summed E-state index contributed by atoms with van der Waals surface area (Å²) in [7, 11) is 3.53. The van der Waals surface area contributed by atoms with Crippen molar-refractivity contribution in [2.75, 3.05) is 52.0 Å². The van der Waals surface area contributed by atoms with Gasteiger partial charge in [-0.05, 0) is 49.2 Å². The number of methoxy groups -OCH3 is 1. The van der Waals surface area contributed by atoms with Crippen molar-refractivity contribution in [1.82, 2.24) is 4.90 Å². The Morgan fingerprint density at radius 1 is 1.21 bits per heavy atom. The average Bonchev–Trinajstić information content (AvgIpc) is 3.09. The molecule has 0 spiro atoms. The molecule has 1 saturated heterocycles. The molecular weight excluding hydrogens is 436 g/mol. The summed E-state index contributed by atoms with van der Waals surface area (Å²) in [5, 5.41) is 11.4. The highest BCUT2D eigenvalue weighted by Gasteiger charge is 2.46. The third-order valence-electron chi connectivity index (χ3n) is 6.10. The van der Waals surface area contributed by atoms with Gasteiger partial charge in [0.1, 0.15) is 23.9 Å². The van der Waals surface area contributed by atoms with Crippen LogP contribution in [0.3, 0.4) is 0 Å². The van der Waals surface area contributed by atoms with E-state index in [-0.39, 0.29) is 11.3 Å². The van der Waals surface area contributed by atoms with E-state index in [0.29, 0.717) is 62.0 Å². The number of nitrogens with zero attached hydrogens (tertiary/aromatic N) is 2. The molecule has 8 nitrogen and oxygen atoms in total. The van der Waals surface area contributed by atoms with Crippen LogP contribution in [0.1, 0.15) is 30.5 Å². The van der Waals surface area contributed by atoms with Crippen LogP contribution in [0, 0.1) is 0 Å². The molecule has 2 aromatic rings. The topological polar surface area (TPSA) is 88.5 Å². The number of anilines is 1. The van der Waals surface area contributed by atoms with Crippen LogP contribution in [0.2, 0.25) is 0 Å². The lowest BCUT2D eigenvalue weighted by Gasteiger charge is -2.28. The van der Waals surface area contributed by atoms with Crippen LogP contribution >= 0.6 is 0 Å². The maximum Gasteiger partial charge on any atom is 0.295 e. The van der Waals surface area contributed by atoms with E-state index in [0.717, 1.165) is 5.69 Å². The van der Waals surface area contributed by atoms with Gasteiger partial charge in [0.15, 0.2) is 0 Å². The summed E-state index contributed by atoms with van der Waals surface area (Å²) in [5.74, 6) is -0.200. The van der Waals surface area contributed by atoms with Crippen LogP contribution in [0.5, 0.6) is 11.5 Å². The number of carbonyl (C=O) groups excluding carboxylic acids is 2. The highest BCUT2D eigenvalue weighted by atomic mass is 16.5. The fraction of sp³-hybridized carbons (Fsp3) is 0.385. The molecule has 2 aromatic carbocycles. The molecule has 0 bridgehead atoms. The molecule has 34 heavy (non-hydrogen) atoms. The van der Waals surface area contributed by atoms with Gasteiger partial charge in [0, 0.05) is 32.9 Å². The molecule has 0 aromatic heterocycles. The monoisotopic (exact) mass is 466 g/mol. The van der Waals surface area contributed by atoms with Gasteiger partial charge in [-0.3, -0.25) is 9.59 Å². The Hall–Kier alpha value is -3.52. The zero-order valence-electron chi connectivity index (χ0n) is 19.7. The molecule has 1 atom stereocenters. The number of likely N-dealkylation sites (N-methyl/N-ethyl adjacent to an activating group) is 1. The van der Waals surface area contributed by atoms with Gasteiger partial charge in [-0.1, -0.05) is 12.1 Å². The predicted molar refractivity (Wildman–Crippen MR) is 128 cm³/mol. The van der Waals surface area contributed by atoms with E-state index in [1.54, 1.807) is 25.3 Å². The Kier molecular flexibility index (Phi) is 7.07. The van der Waals surface area contributed by atoms with Crippen molar-refractivity contribution >= 4 is 23.1 Å². The van der Waals surface area contributed by atoms with Crippen LogP contribution < -0.4 is 14.4 Å². The first-order valence-electron chi connectivity index (χ1n) is 11.4. The van der Waals surface area contributed by atoms with Crippen molar-refractivity contribution in [3.05, 3.63) is 59.2 Å². The summed E-state index contributed by atoms with van der Waals surface area (Å²) < 4.78 is 16.5. The SMILES string of the molecule is CCOc1cccc(C2/C(=C(/O)c3ccc4c(c3)N(C)CCO4)C(=O)C(=O)N2CCCOC)c1.